The van der Waals surface area contributed by atoms with E-state index in [1.165, 1.54) is 18.3 Å². The molecule has 0 unspecified atom stereocenters. The molecule has 1 aliphatic carbocycles. The van der Waals surface area contributed by atoms with Crippen molar-refractivity contribution in [1.29, 1.82) is 5.26 Å². The van der Waals surface area contributed by atoms with Crippen LogP contribution >= 0.6 is 0 Å². The Balaban J connectivity index is 1.66. The Hall–Kier alpha value is -3.75. The molecule has 3 aromatic rings. The van der Waals surface area contributed by atoms with E-state index in [1.54, 1.807) is 0 Å². The zero-order chi connectivity index (χ0) is 21.3. The first kappa shape index (κ1) is 19.6. The number of aromatic amines is 1. The molecule has 0 fully saturated rings. The van der Waals surface area contributed by atoms with Crippen molar-refractivity contribution in [2.24, 2.45) is 0 Å². The topological polar surface area (TPSA) is 108 Å². The van der Waals surface area contributed by atoms with Crippen molar-refractivity contribution in [3.63, 3.8) is 0 Å². The molecule has 1 aliphatic rings. The van der Waals surface area contributed by atoms with Gasteiger partial charge < -0.3 is 5.32 Å². The van der Waals surface area contributed by atoms with Crippen LogP contribution < -0.4 is 5.32 Å². The van der Waals surface area contributed by atoms with Gasteiger partial charge in [-0.1, -0.05) is 0 Å². The van der Waals surface area contributed by atoms with Crippen LogP contribution in [0.4, 0.5) is 23.2 Å². The van der Waals surface area contributed by atoms with E-state index in [0.29, 0.717) is 18.5 Å². The van der Waals surface area contributed by atoms with E-state index in [1.807, 2.05) is 6.07 Å². The molecule has 2 N–H and O–H groups in total. The monoisotopic (exact) mass is 418 g/mol. The molecule has 154 valence electrons. The summed E-state index contributed by atoms with van der Waals surface area (Å²) < 4.78 is 55.9. The number of tetrazole rings is 1. The Morgan fingerprint density at radius 3 is 2.73 bits per heavy atom. The van der Waals surface area contributed by atoms with Gasteiger partial charge in [-0.05, 0) is 49.1 Å². The third-order valence-corrected chi connectivity index (χ3v) is 4.71. The highest BCUT2D eigenvalue weighted by molar-refractivity contribution is 5.74. The fourth-order valence-corrected chi connectivity index (χ4v) is 3.37. The smallest absolute Gasteiger partial charge is 0.360 e. The quantitative estimate of drug-likeness (QED) is 0.497. The number of hydrogen-bond acceptors (Lipinski definition) is 6. The average Bonchev–Trinajstić information content (AvgIpc) is 3.37. The lowest BCUT2D eigenvalue weighted by molar-refractivity contribution is -0.142. The number of H-pyrrole nitrogens is 1. The van der Waals surface area contributed by atoms with Gasteiger partial charge in [-0.3, -0.25) is 0 Å². The first-order chi connectivity index (χ1) is 14.4. The molecule has 0 saturated carbocycles. The van der Waals surface area contributed by atoms with Crippen LogP contribution in [0.5, 0.6) is 0 Å². The fraction of sp³-hybridized carbons (Fsp3) is 0.278. The second-order valence-corrected chi connectivity index (χ2v) is 6.61. The van der Waals surface area contributed by atoms with E-state index in [2.05, 4.69) is 31.0 Å². The lowest BCUT2D eigenvalue weighted by atomic mass is 9.95. The number of anilines is 1. The molecule has 0 aliphatic heterocycles. The number of allylic oxidation sites excluding steroid dienone is 1. The highest BCUT2D eigenvalue weighted by atomic mass is 19.4. The molecule has 2 aromatic heterocycles. The van der Waals surface area contributed by atoms with Crippen molar-refractivity contribution in [2.75, 3.05) is 5.32 Å². The minimum absolute atomic E-state index is 0.0594. The summed E-state index contributed by atoms with van der Waals surface area (Å²) in [7, 11) is 0. The number of hydrogen-bond donors (Lipinski definition) is 2. The minimum atomic E-state index is -4.60. The number of nitrogens with one attached hydrogen (secondary N) is 2. The van der Waals surface area contributed by atoms with Gasteiger partial charge in [0, 0.05) is 23.1 Å². The van der Waals surface area contributed by atoms with E-state index >= 15 is 0 Å². The zero-order valence-electron chi connectivity index (χ0n) is 15.3. The van der Waals surface area contributed by atoms with Gasteiger partial charge in [-0.2, -0.15) is 28.7 Å². The molecule has 8 nitrogen and oxygen atoms in total. The number of aromatic nitrogens is 6. The van der Waals surface area contributed by atoms with Crippen molar-refractivity contribution in [2.45, 2.75) is 31.9 Å². The van der Waals surface area contributed by atoms with Crippen LogP contribution in [-0.2, 0) is 19.0 Å². The standard InChI is InChI=1S/C18H14F4N8/c19-13-7-11(24-9-10(8-23)17-25-28-29-26-17)5-6-15(13)30-14-4-2-1-3-12(14)16(27-30)18(20,21)22/h5-7,9,24H,1-4H2,(H,25,26,28,29). The van der Waals surface area contributed by atoms with E-state index in [9.17, 15) is 17.6 Å². The molecule has 12 heteroatoms. The number of nitriles is 1. The van der Waals surface area contributed by atoms with Crippen LogP contribution in [0.25, 0.3) is 11.3 Å². The molecule has 0 atom stereocenters. The van der Waals surface area contributed by atoms with Crippen LogP contribution in [-0.4, -0.2) is 30.4 Å². The zero-order valence-corrected chi connectivity index (χ0v) is 15.3. The largest absolute Gasteiger partial charge is 0.435 e. The number of benzene rings is 1. The molecule has 4 rings (SSSR count). The first-order valence-corrected chi connectivity index (χ1v) is 8.97. The number of nitrogens with zero attached hydrogens (tertiary/aromatic N) is 6. The lowest BCUT2D eigenvalue weighted by Crippen LogP contribution is -2.11. The molecule has 30 heavy (non-hydrogen) atoms. The minimum Gasteiger partial charge on any atom is -0.360 e. The molecule has 0 saturated heterocycles. The maximum Gasteiger partial charge on any atom is 0.435 e. The van der Waals surface area contributed by atoms with Gasteiger partial charge in [0.15, 0.2) is 11.5 Å². The molecule has 0 amide bonds. The van der Waals surface area contributed by atoms with Gasteiger partial charge in [-0.15, -0.1) is 10.2 Å². The molecule has 2 heterocycles. The third-order valence-electron chi connectivity index (χ3n) is 4.71. The highest BCUT2D eigenvalue weighted by Crippen LogP contribution is 2.37. The number of fused-ring (bicyclic) bond motifs is 1. The lowest BCUT2D eigenvalue weighted by Gasteiger charge is -2.15. The van der Waals surface area contributed by atoms with E-state index in [-0.39, 0.29) is 34.8 Å². The van der Waals surface area contributed by atoms with Crippen molar-refractivity contribution < 1.29 is 17.6 Å². The number of alkyl halides is 3. The van der Waals surface area contributed by atoms with E-state index in [4.69, 9.17) is 5.26 Å². The van der Waals surface area contributed by atoms with Crippen LogP contribution in [0.1, 0.15) is 35.6 Å². The van der Waals surface area contributed by atoms with Crippen molar-refractivity contribution >= 4 is 11.3 Å². The van der Waals surface area contributed by atoms with Crippen LogP contribution in [0.15, 0.2) is 24.4 Å². The summed E-state index contributed by atoms with van der Waals surface area (Å²) in [4.78, 5) is 0. The highest BCUT2D eigenvalue weighted by Gasteiger charge is 2.40. The van der Waals surface area contributed by atoms with E-state index in [0.717, 1.165) is 17.2 Å². The maximum atomic E-state index is 14.8. The Morgan fingerprint density at radius 1 is 1.27 bits per heavy atom. The molecule has 0 radical (unpaired) electrons. The summed E-state index contributed by atoms with van der Waals surface area (Å²) in [6.07, 6.45) is -1.30. The van der Waals surface area contributed by atoms with Gasteiger partial charge in [0.2, 0.25) is 5.82 Å². The van der Waals surface area contributed by atoms with Gasteiger partial charge >= 0.3 is 6.18 Å². The van der Waals surface area contributed by atoms with Crippen molar-refractivity contribution in [3.8, 4) is 11.8 Å². The summed E-state index contributed by atoms with van der Waals surface area (Å²) in [6.45, 7) is 0. The molecule has 1 aromatic carbocycles. The second-order valence-electron chi connectivity index (χ2n) is 6.61. The average molecular weight is 418 g/mol. The molecule has 0 spiro atoms. The first-order valence-electron chi connectivity index (χ1n) is 8.97. The van der Waals surface area contributed by atoms with Gasteiger partial charge in [0.25, 0.3) is 0 Å². The predicted octanol–water partition coefficient (Wildman–Crippen LogP) is 3.40. The van der Waals surface area contributed by atoms with Crippen molar-refractivity contribution in [1.82, 2.24) is 30.4 Å². The number of halogens is 4. The Kier molecular flexibility index (Phi) is 4.94. The third kappa shape index (κ3) is 3.61. The normalized spacial score (nSPS) is 14.3. The predicted molar refractivity (Wildman–Crippen MR) is 96.6 cm³/mol. The Labute approximate surface area is 167 Å². The van der Waals surface area contributed by atoms with Crippen LogP contribution in [0, 0.1) is 17.1 Å². The summed E-state index contributed by atoms with van der Waals surface area (Å²) in [6, 6.07) is 5.81. The Morgan fingerprint density at radius 2 is 2.07 bits per heavy atom. The van der Waals surface area contributed by atoms with Gasteiger partial charge in [-0.25, -0.2) is 9.07 Å². The SMILES string of the molecule is N#CC(=CNc1ccc(-n2nc(C(F)(F)F)c3c2CCCC3)c(F)c1)c1nn[nH]n1. The molecule has 0 bridgehead atoms. The van der Waals surface area contributed by atoms with E-state index < -0.39 is 17.7 Å². The summed E-state index contributed by atoms with van der Waals surface area (Å²) in [5, 5.41) is 28.5. The van der Waals surface area contributed by atoms with Gasteiger partial charge in [0.1, 0.15) is 17.3 Å². The Bertz CT molecular complexity index is 1140. The summed E-state index contributed by atoms with van der Waals surface area (Å²) >= 11 is 0. The van der Waals surface area contributed by atoms with Crippen molar-refractivity contribution in [3.05, 3.63) is 53.0 Å². The summed E-state index contributed by atoms with van der Waals surface area (Å²) in [5.74, 6) is -0.694. The fourth-order valence-electron chi connectivity index (χ4n) is 3.37. The number of rotatable bonds is 4. The second kappa shape index (κ2) is 7.58. The van der Waals surface area contributed by atoms with Gasteiger partial charge in [0.05, 0.1) is 0 Å². The summed E-state index contributed by atoms with van der Waals surface area (Å²) in [5.41, 5.74) is -0.167. The maximum absolute atomic E-state index is 14.8. The van der Waals surface area contributed by atoms with Crippen LogP contribution in [0.3, 0.4) is 0 Å². The van der Waals surface area contributed by atoms with Crippen LogP contribution in [0.2, 0.25) is 0 Å². The molecular formula is C18H14F4N8. The molecular weight excluding hydrogens is 404 g/mol.